The molecule has 3 aromatic rings. The van der Waals surface area contributed by atoms with E-state index in [1.54, 1.807) is 33.5 Å². The third-order valence-corrected chi connectivity index (χ3v) is 4.89. The molecular formula is C26H27NO5. The molecule has 32 heavy (non-hydrogen) atoms. The normalized spacial score (nSPS) is 10.7. The molecule has 0 radical (unpaired) electrons. The van der Waals surface area contributed by atoms with Gasteiger partial charge in [0.1, 0.15) is 12.4 Å². The van der Waals surface area contributed by atoms with Crippen LogP contribution in [-0.4, -0.2) is 39.9 Å². The van der Waals surface area contributed by atoms with Gasteiger partial charge in [-0.2, -0.15) is 0 Å². The van der Waals surface area contributed by atoms with Crippen molar-refractivity contribution in [3.8, 4) is 23.0 Å². The van der Waals surface area contributed by atoms with Crippen LogP contribution in [0, 0.1) is 0 Å². The van der Waals surface area contributed by atoms with Crippen molar-refractivity contribution >= 4 is 12.0 Å². The summed E-state index contributed by atoms with van der Waals surface area (Å²) in [6.07, 6.45) is 1.93. The molecule has 0 heterocycles. The van der Waals surface area contributed by atoms with E-state index in [-0.39, 0.29) is 5.78 Å². The van der Waals surface area contributed by atoms with Crippen LogP contribution in [0.3, 0.4) is 0 Å². The van der Waals surface area contributed by atoms with E-state index < -0.39 is 0 Å². The topological polar surface area (TPSA) is 66.4 Å². The monoisotopic (exact) mass is 433 g/mol. The van der Waals surface area contributed by atoms with Crippen molar-refractivity contribution in [2.75, 3.05) is 27.9 Å². The molecule has 6 heteroatoms. The first kappa shape index (κ1) is 22.9. The van der Waals surface area contributed by atoms with Gasteiger partial charge in [0, 0.05) is 12.1 Å². The van der Waals surface area contributed by atoms with Gasteiger partial charge in [-0.3, -0.25) is 9.79 Å². The predicted octanol–water partition coefficient (Wildman–Crippen LogP) is 4.79. The van der Waals surface area contributed by atoms with Crippen LogP contribution in [0.2, 0.25) is 0 Å². The van der Waals surface area contributed by atoms with Gasteiger partial charge >= 0.3 is 0 Å². The molecule has 0 fully saturated rings. The number of hydrogen-bond acceptors (Lipinski definition) is 6. The molecule has 0 saturated heterocycles. The highest BCUT2D eigenvalue weighted by Crippen LogP contribution is 2.39. The highest BCUT2D eigenvalue weighted by Gasteiger charge is 2.15. The molecule has 0 aliphatic carbocycles. The van der Waals surface area contributed by atoms with E-state index >= 15 is 0 Å². The fourth-order valence-corrected chi connectivity index (χ4v) is 3.29. The summed E-state index contributed by atoms with van der Waals surface area (Å²) < 4.78 is 22.1. The molecule has 0 aliphatic rings. The molecule has 6 nitrogen and oxygen atoms in total. The van der Waals surface area contributed by atoms with Crippen LogP contribution in [0.15, 0.2) is 71.7 Å². The van der Waals surface area contributed by atoms with Crippen LogP contribution < -0.4 is 18.9 Å². The number of carbonyl (C=O) groups excluding carboxylic acids is 1. The van der Waals surface area contributed by atoms with Crippen molar-refractivity contribution in [2.45, 2.75) is 13.0 Å². The number of hydrogen-bond donors (Lipinski definition) is 0. The summed E-state index contributed by atoms with van der Waals surface area (Å²) in [5, 5.41) is 0. The van der Waals surface area contributed by atoms with E-state index in [1.807, 2.05) is 54.6 Å². The maximum Gasteiger partial charge on any atom is 0.207 e. The Morgan fingerprint density at radius 3 is 2.25 bits per heavy atom. The van der Waals surface area contributed by atoms with Gasteiger partial charge in [-0.1, -0.05) is 48.5 Å². The third-order valence-electron chi connectivity index (χ3n) is 4.89. The second kappa shape index (κ2) is 11.6. The van der Waals surface area contributed by atoms with Crippen LogP contribution in [-0.2, 0) is 13.0 Å². The van der Waals surface area contributed by atoms with Gasteiger partial charge in [0.25, 0.3) is 0 Å². The molecule has 0 spiro atoms. The Balaban J connectivity index is 1.64. The van der Waals surface area contributed by atoms with Crippen LogP contribution >= 0.6 is 0 Å². The molecule has 0 saturated carbocycles. The summed E-state index contributed by atoms with van der Waals surface area (Å²) in [5.41, 5.74) is 2.43. The molecule has 3 aromatic carbocycles. The number of methoxy groups -OCH3 is 3. The van der Waals surface area contributed by atoms with Gasteiger partial charge in [0.05, 0.1) is 33.1 Å². The van der Waals surface area contributed by atoms with Gasteiger partial charge in [-0.15, -0.1) is 0 Å². The third kappa shape index (κ3) is 5.66. The zero-order valence-electron chi connectivity index (χ0n) is 18.5. The van der Waals surface area contributed by atoms with Gasteiger partial charge in [0.15, 0.2) is 11.5 Å². The second-order valence-corrected chi connectivity index (χ2v) is 6.91. The summed E-state index contributed by atoms with van der Waals surface area (Å²) in [4.78, 5) is 17.0. The molecule has 0 aromatic heterocycles. The van der Waals surface area contributed by atoms with Crippen LogP contribution in [0.4, 0.5) is 0 Å². The van der Waals surface area contributed by atoms with Crippen molar-refractivity contribution in [3.05, 3.63) is 83.4 Å². The van der Waals surface area contributed by atoms with E-state index in [1.165, 1.54) is 6.21 Å². The number of ether oxygens (including phenoxy) is 4. The first-order chi connectivity index (χ1) is 15.7. The Hall–Kier alpha value is -3.80. The molecule has 0 aliphatic heterocycles. The number of carbonyl (C=O) groups is 1. The quantitative estimate of drug-likeness (QED) is 0.321. The average molecular weight is 434 g/mol. The first-order valence-corrected chi connectivity index (χ1v) is 10.3. The summed E-state index contributed by atoms with van der Waals surface area (Å²) in [6.45, 7) is 0.812. The van der Waals surface area contributed by atoms with Crippen LogP contribution in [0.5, 0.6) is 23.0 Å². The minimum atomic E-state index is -0.201. The van der Waals surface area contributed by atoms with Crippen molar-refractivity contribution < 1.29 is 23.7 Å². The van der Waals surface area contributed by atoms with E-state index in [0.717, 1.165) is 11.1 Å². The fourth-order valence-electron chi connectivity index (χ4n) is 3.29. The van der Waals surface area contributed by atoms with Gasteiger partial charge < -0.3 is 18.9 Å². The fraction of sp³-hybridized carbons (Fsp3) is 0.231. The predicted molar refractivity (Wildman–Crippen MR) is 125 cm³/mol. The van der Waals surface area contributed by atoms with E-state index in [2.05, 4.69) is 4.99 Å². The Morgan fingerprint density at radius 1 is 0.812 bits per heavy atom. The summed E-state index contributed by atoms with van der Waals surface area (Å²) in [7, 11) is 4.73. The number of benzene rings is 3. The lowest BCUT2D eigenvalue weighted by Crippen LogP contribution is -2.06. The van der Waals surface area contributed by atoms with E-state index in [0.29, 0.717) is 48.1 Å². The second-order valence-electron chi connectivity index (χ2n) is 6.91. The van der Waals surface area contributed by atoms with Gasteiger partial charge in [-0.25, -0.2) is 0 Å². The number of ketones is 1. The standard InChI is InChI=1S/C26H27NO5/c1-29-24-14-13-20(25(30-2)26(24)31-3)15-16-27-17-22(28)21-11-7-8-12-23(21)32-18-19-9-5-4-6-10-19/h4-14,17H,15-16,18H2,1-3H3/b27-17-. The smallest absolute Gasteiger partial charge is 0.207 e. The van der Waals surface area contributed by atoms with Gasteiger partial charge in [0.2, 0.25) is 11.5 Å². The minimum Gasteiger partial charge on any atom is -0.493 e. The van der Waals surface area contributed by atoms with Crippen LogP contribution in [0.25, 0.3) is 0 Å². The number of nitrogens with zero attached hydrogens (tertiary/aromatic N) is 1. The van der Waals surface area contributed by atoms with Crippen molar-refractivity contribution in [1.82, 2.24) is 0 Å². The SMILES string of the molecule is COc1ccc(CC/N=C\C(=O)c2ccccc2OCc2ccccc2)c(OC)c1OC. The molecule has 0 atom stereocenters. The molecule has 0 amide bonds. The Kier molecular flexibility index (Phi) is 8.26. The van der Waals surface area contributed by atoms with Crippen molar-refractivity contribution in [3.63, 3.8) is 0 Å². The minimum absolute atomic E-state index is 0.201. The molecule has 3 rings (SSSR count). The van der Waals surface area contributed by atoms with E-state index in [9.17, 15) is 4.79 Å². The molecule has 0 bridgehead atoms. The first-order valence-electron chi connectivity index (χ1n) is 10.3. The summed E-state index contributed by atoms with van der Waals surface area (Å²) in [5.74, 6) is 2.08. The number of rotatable bonds is 11. The Labute approximate surface area is 188 Å². The summed E-state index contributed by atoms with van der Waals surface area (Å²) >= 11 is 0. The van der Waals surface area contributed by atoms with Crippen molar-refractivity contribution in [1.29, 1.82) is 0 Å². The zero-order chi connectivity index (χ0) is 22.8. The van der Waals surface area contributed by atoms with E-state index in [4.69, 9.17) is 18.9 Å². The van der Waals surface area contributed by atoms with Gasteiger partial charge in [-0.05, 0) is 30.2 Å². The average Bonchev–Trinajstić information content (AvgIpc) is 2.85. The highest BCUT2D eigenvalue weighted by atomic mass is 16.5. The molecular weight excluding hydrogens is 406 g/mol. The van der Waals surface area contributed by atoms with Crippen molar-refractivity contribution in [2.24, 2.45) is 4.99 Å². The maximum absolute atomic E-state index is 12.7. The lowest BCUT2D eigenvalue weighted by Gasteiger charge is -2.15. The number of Topliss-reactive ketones (excluding diaryl/α,β-unsaturated/α-hetero) is 1. The maximum atomic E-state index is 12.7. The lowest BCUT2D eigenvalue weighted by atomic mass is 10.1. The highest BCUT2D eigenvalue weighted by molar-refractivity contribution is 6.36. The zero-order valence-corrected chi connectivity index (χ0v) is 18.5. The lowest BCUT2D eigenvalue weighted by molar-refractivity contribution is 0.106. The Bertz CT molecular complexity index is 1060. The summed E-state index contributed by atoms with van der Waals surface area (Å²) in [6, 6.07) is 20.7. The van der Waals surface area contributed by atoms with Crippen LogP contribution in [0.1, 0.15) is 21.5 Å². The Morgan fingerprint density at radius 2 is 1.53 bits per heavy atom. The molecule has 0 unspecified atom stereocenters. The number of aliphatic imine (C=N–C) groups is 1. The largest absolute Gasteiger partial charge is 0.493 e. The number of para-hydroxylation sites is 1. The molecule has 0 N–H and O–H groups in total. The molecule has 166 valence electrons.